The molecule has 0 aliphatic heterocycles. The van der Waals surface area contributed by atoms with Gasteiger partial charge in [0, 0.05) is 0 Å². The summed E-state index contributed by atoms with van der Waals surface area (Å²) in [5.74, 6) is 0. The molecule has 0 saturated carbocycles. The van der Waals surface area contributed by atoms with Gasteiger partial charge < -0.3 is 0 Å². The fraction of sp³-hybridized carbons (Fsp3) is 0.143. The Balaban J connectivity index is 1.12. The second-order valence-electron chi connectivity index (χ2n) is 23.9. The van der Waals surface area contributed by atoms with Crippen LogP contribution in [0.3, 0.4) is 0 Å². The summed E-state index contributed by atoms with van der Waals surface area (Å²) < 4.78 is 0. The maximum absolute atomic E-state index is 2.46. The lowest BCUT2D eigenvalue weighted by atomic mass is 9.86. The van der Waals surface area contributed by atoms with E-state index in [-0.39, 0.29) is 0 Å². The van der Waals surface area contributed by atoms with Gasteiger partial charge in [0.2, 0.25) is 0 Å². The minimum absolute atomic E-state index is 1.22. The minimum atomic E-state index is -2.41. The fourth-order valence-electron chi connectivity index (χ4n) is 14.2. The van der Waals surface area contributed by atoms with Crippen molar-refractivity contribution < 1.29 is 0 Å². The van der Waals surface area contributed by atoms with Gasteiger partial charge in [-0.25, -0.2) is 0 Å². The van der Waals surface area contributed by atoms with E-state index in [9.17, 15) is 0 Å². The lowest BCUT2D eigenvalue weighted by Gasteiger charge is -2.34. The molecule has 0 N–H and O–H groups in total. The average Bonchev–Trinajstić information content (AvgIpc) is 2.36. The maximum atomic E-state index is 2.46. The third-order valence-corrected chi connectivity index (χ3v) is 23.6. The van der Waals surface area contributed by atoms with Crippen LogP contribution in [0.15, 0.2) is 237 Å². The van der Waals surface area contributed by atoms with Gasteiger partial charge in [0.15, 0.2) is 0 Å². The predicted octanol–water partition coefficient (Wildman–Crippen LogP) is 20.6. The quantitative estimate of drug-likeness (QED) is 0.0845. The highest BCUT2D eigenvalue weighted by atomic mass is 28.3. The lowest BCUT2D eigenvalue weighted by molar-refractivity contribution is 1.25. The van der Waals surface area contributed by atoms with Crippen molar-refractivity contribution in [1.82, 2.24) is 0 Å². The zero-order valence-corrected chi connectivity index (χ0v) is 52.7. The van der Waals surface area contributed by atoms with Gasteiger partial charge in [0.1, 0.15) is 8.80 Å². The molecule has 0 amide bonds. The zero-order valence-electron chi connectivity index (χ0n) is 51.6. The standard InChI is InChI=1S/C84H76Si/c1-52-58(7)82(59(8)53(2)79(52)76-46-70(64-31-19-13-20-32-64)43-71(47-76)65-33-21-14-22-34-65)85(83-60(9)54(3)80(55(4)61(83)10)77-48-72(66-35-23-15-24-36-66)44-73(49-77)67-37-25-16-26-38-67)84-62(11)56(5)81(57(6)63(84)12)78-50-74(68-39-27-17-28-40-68)45-75(51-78)69-41-29-18-30-42-69/h13-51,85H,1-12H3. The van der Waals surface area contributed by atoms with E-state index in [2.05, 4.69) is 320 Å². The van der Waals surface area contributed by atoms with E-state index in [0.717, 1.165) is 0 Å². The van der Waals surface area contributed by atoms with Crippen LogP contribution in [0.5, 0.6) is 0 Å². The molecule has 0 saturated heterocycles. The summed E-state index contributed by atoms with van der Waals surface area (Å²) in [6, 6.07) is 87.2. The van der Waals surface area contributed by atoms with Crippen LogP contribution in [0.2, 0.25) is 0 Å². The van der Waals surface area contributed by atoms with Crippen molar-refractivity contribution in [3.8, 4) is 100 Å². The van der Waals surface area contributed by atoms with Gasteiger partial charge in [0.05, 0.1) is 0 Å². The molecule has 0 nitrogen and oxygen atoms in total. The summed E-state index contributed by atoms with van der Waals surface area (Å²) in [5.41, 5.74) is 39.1. The van der Waals surface area contributed by atoms with Crippen LogP contribution in [0.4, 0.5) is 0 Å². The van der Waals surface area contributed by atoms with Crippen LogP contribution in [-0.2, 0) is 0 Å². The molecule has 12 rings (SSSR count). The van der Waals surface area contributed by atoms with Gasteiger partial charge in [-0.15, -0.1) is 0 Å². The molecule has 0 fully saturated rings. The molecular formula is C84H76Si. The third-order valence-electron chi connectivity index (χ3n) is 19.2. The van der Waals surface area contributed by atoms with Crippen LogP contribution in [0.1, 0.15) is 66.8 Å². The summed E-state index contributed by atoms with van der Waals surface area (Å²) >= 11 is 0. The zero-order chi connectivity index (χ0) is 59.2. The predicted molar refractivity (Wildman–Crippen MR) is 371 cm³/mol. The monoisotopic (exact) mass is 1110 g/mol. The van der Waals surface area contributed by atoms with Crippen molar-refractivity contribution in [2.75, 3.05) is 0 Å². The van der Waals surface area contributed by atoms with Gasteiger partial charge in [-0.3, -0.25) is 0 Å². The van der Waals surface area contributed by atoms with Crippen LogP contribution in [0.25, 0.3) is 100 Å². The van der Waals surface area contributed by atoms with Crippen LogP contribution < -0.4 is 15.6 Å². The van der Waals surface area contributed by atoms with Crippen molar-refractivity contribution >= 4 is 24.4 Å². The molecule has 0 aromatic heterocycles. The Labute approximate surface area is 507 Å². The molecule has 12 aromatic carbocycles. The average molecular weight is 1110 g/mol. The van der Waals surface area contributed by atoms with E-state index >= 15 is 0 Å². The van der Waals surface area contributed by atoms with Gasteiger partial charge in [0.25, 0.3) is 0 Å². The first-order chi connectivity index (χ1) is 41.2. The van der Waals surface area contributed by atoms with Crippen molar-refractivity contribution in [3.05, 3.63) is 303 Å². The molecule has 0 bridgehead atoms. The second kappa shape index (κ2) is 23.5. The van der Waals surface area contributed by atoms with Gasteiger partial charge in [-0.2, -0.15) is 0 Å². The van der Waals surface area contributed by atoms with Gasteiger partial charge in [-0.1, -0.05) is 182 Å². The van der Waals surface area contributed by atoms with Crippen molar-refractivity contribution in [1.29, 1.82) is 0 Å². The molecule has 0 heterocycles. The van der Waals surface area contributed by atoms with Crippen LogP contribution in [-0.4, -0.2) is 8.80 Å². The number of hydrogen-bond acceptors (Lipinski definition) is 0. The highest BCUT2D eigenvalue weighted by Gasteiger charge is 2.35. The first-order valence-corrected chi connectivity index (χ1v) is 32.0. The van der Waals surface area contributed by atoms with Crippen molar-refractivity contribution in [2.24, 2.45) is 0 Å². The van der Waals surface area contributed by atoms with Crippen molar-refractivity contribution in [2.45, 2.75) is 83.1 Å². The molecule has 85 heavy (non-hydrogen) atoms. The van der Waals surface area contributed by atoms with E-state index in [1.54, 1.807) is 15.6 Å². The summed E-state index contributed by atoms with van der Waals surface area (Å²) in [7, 11) is -2.41. The molecule has 0 aliphatic rings. The summed E-state index contributed by atoms with van der Waals surface area (Å²) in [4.78, 5) is 0. The lowest BCUT2D eigenvalue weighted by Crippen LogP contribution is -2.58. The highest BCUT2D eigenvalue weighted by molar-refractivity contribution is 6.97. The Bertz CT molecular complexity index is 3750. The number of benzene rings is 12. The number of rotatable bonds is 12. The molecule has 0 unspecified atom stereocenters. The normalized spacial score (nSPS) is 11.4. The molecule has 0 spiro atoms. The Morgan fingerprint density at radius 2 is 0.294 bits per heavy atom. The SMILES string of the molecule is Cc1c(C)c([SiH](c2c(C)c(C)c(-c3cc(-c4ccccc4)cc(-c4ccccc4)c3)c(C)c2C)c2c(C)c(C)c(-c3cc(-c4ccccc4)cc(-c4ccccc4)c3)c(C)c2C)c(C)c(C)c1-c1cc(-c2ccccc2)cc(-c2ccccc2)c1. The Hall–Kier alpha value is -9.14. The Morgan fingerprint density at radius 3 is 0.447 bits per heavy atom. The van der Waals surface area contributed by atoms with Crippen LogP contribution in [0, 0.1) is 83.1 Å². The Morgan fingerprint density at radius 1 is 0.153 bits per heavy atom. The molecule has 416 valence electrons. The minimum Gasteiger partial charge on any atom is -0.0622 e. The summed E-state index contributed by atoms with van der Waals surface area (Å²) in [6.45, 7) is 29.2. The molecular weight excluding hydrogens is 1040 g/mol. The molecule has 1 heteroatoms. The van der Waals surface area contributed by atoms with Gasteiger partial charge in [-0.05, 0) is 320 Å². The first kappa shape index (κ1) is 56.3. The second-order valence-corrected chi connectivity index (χ2v) is 26.5. The molecule has 0 aliphatic carbocycles. The first-order valence-electron chi connectivity index (χ1n) is 30.3. The van der Waals surface area contributed by atoms with E-state index < -0.39 is 8.80 Å². The van der Waals surface area contributed by atoms with E-state index in [1.165, 1.54) is 167 Å². The summed E-state index contributed by atoms with van der Waals surface area (Å²) in [6.07, 6.45) is 0. The van der Waals surface area contributed by atoms with Crippen molar-refractivity contribution in [3.63, 3.8) is 0 Å². The molecule has 0 radical (unpaired) electrons. The van der Waals surface area contributed by atoms with E-state index in [0.29, 0.717) is 0 Å². The molecule has 12 aromatic rings. The highest BCUT2D eigenvalue weighted by Crippen LogP contribution is 2.42. The Kier molecular flexibility index (Phi) is 15.6. The fourth-order valence-corrected chi connectivity index (χ4v) is 18.9. The number of hydrogen-bond donors (Lipinski definition) is 0. The summed E-state index contributed by atoms with van der Waals surface area (Å²) in [5, 5.41) is 4.64. The van der Waals surface area contributed by atoms with Crippen LogP contribution >= 0.6 is 0 Å². The maximum Gasteiger partial charge on any atom is 0.135 e. The van der Waals surface area contributed by atoms with E-state index in [1.807, 2.05) is 0 Å². The third kappa shape index (κ3) is 10.5. The molecule has 0 atom stereocenters. The largest absolute Gasteiger partial charge is 0.135 e. The topological polar surface area (TPSA) is 0 Å². The smallest absolute Gasteiger partial charge is 0.0622 e. The van der Waals surface area contributed by atoms with Gasteiger partial charge >= 0.3 is 0 Å². The van der Waals surface area contributed by atoms with E-state index in [4.69, 9.17) is 0 Å².